The van der Waals surface area contributed by atoms with Gasteiger partial charge in [0, 0.05) is 0 Å². The fourth-order valence-corrected chi connectivity index (χ4v) is 13.3. The number of hydrogen-bond acceptors (Lipinski definition) is 7. The minimum atomic E-state index is -2.16. The summed E-state index contributed by atoms with van der Waals surface area (Å²) in [5, 5.41) is 0.0705. The molecule has 0 aliphatic carbocycles. The van der Waals surface area contributed by atoms with Crippen molar-refractivity contribution in [1.82, 2.24) is 0 Å². The Bertz CT molecular complexity index is 1280. The SMILES string of the molecule is COc1ccc(CO[C@H]2C=C(C)[C@H]([C@@H](CO[Si](C)(C)C(C)(C)C)OCc3ccc(OC)cc3)O[C@@H]2CO[Si](C(C)C)(C(C)C)C(C)C)cc1. The third-order valence-corrected chi connectivity index (χ3v) is 21.3. The summed E-state index contributed by atoms with van der Waals surface area (Å²) >= 11 is 0. The van der Waals surface area contributed by atoms with Crippen molar-refractivity contribution in [2.75, 3.05) is 27.4 Å². The van der Waals surface area contributed by atoms with E-state index in [2.05, 4.69) is 88.4 Å². The summed E-state index contributed by atoms with van der Waals surface area (Å²) < 4.78 is 45.1. The van der Waals surface area contributed by atoms with Crippen molar-refractivity contribution in [2.45, 2.75) is 142 Å². The minimum absolute atomic E-state index is 0.0705. The van der Waals surface area contributed by atoms with Crippen LogP contribution >= 0.6 is 0 Å². The van der Waals surface area contributed by atoms with Crippen LogP contribution in [0.25, 0.3) is 0 Å². The van der Waals surface area contributed by atoms with Crippen LogP contribution in [0.2, 0.25) is 34.8 Å². The predicted molar refractivity (Wildman–Crippen MR) is 206 cm³/mol. The van der Waals surface area contributed by atoms with Gasteiger partial charge in [-0.3, -0.25) is 0 Å². The number of methoxy groups -OCH3 is 2. The van der Waals surface area contributed by atoms with Crippen LogP contribution < -0.4 is 9.47 Å². The lowest BCUT2D eigenvalue weighted by molar-refractivity contribution is -0.153. The maximum Gasteiger partial charge on any atom is 0.200 e. The highest BCUT2D eigenvalue weighted by atomic mass is 28.4. The lowest BCUT2D eigenvalue weighted by atomic mass is 9.98. The molecule has 1 aliphatic rings. The fourth-order valence-electron chi connectivity index (χ4n) is 6.80. The van der Waals surface area contributed by atoms with E-state index in [4.69, 9.17) is 32.5 Å². The summed E-state index contributed by atoms with van der Waals surface area (Å²) in [6, 6.07) is 16.0. The predicted octanol–water partition coefficient (Wildman–Crippen LogP) is 10.1. The van der Waals surface area contributed by atoms with Crippen LogP contribution in [0.4, 0.5) is 0 Å². The van der Waals surface area contributed by atoms with E-state index in [-0.39, 0.29) is 29.5 Å². The smallest absolute Gasteiger partial charge is 0.200 e. The second-order valence-corrected chi connectivity index (χ2v) is 26.3. The molecule has 2 aromatic carbocycles. The summed E-state index contributed by atoms with van der Waals surface area (Å²) in [6.45, 7) is 29.2. The van der Waals surface area contributed by atoms with Gasteiger partial charge in [0.15, 0.2) is 16.6 Å². The average molecular weight is 715 g/mol. The van der Waals surface area contributed by atoms with Gasteiger partial charge in [-0.25, -0.2) is 0 Å². The zero-order valence-electron chi connectivity index (χ0n) is 32.9. The van der Waals surface area contributed by atoms with Crippen LogP contribution in [0.5, 0.6) is 11.5 Å². The molecule has 4 atom stereocenters. The molecule has 0 saturated carbocycles. The van der Waals surface area contributed by atoms with Crippen LogP contribution in [0.1, 0.15) is 80.4 Å². The average Bonchev–Trinajstić information content (AvgIpc) is 3.04. The molecule has 1 heterocycles. The van der Waals surface area contributed by atoms with Crippen LogP contribution in [0.3, 0.4) is 0 Å². The molecule has 0 spiro atoms. The van der Waals surface area contributed by atoms with Gasteiger partial charge in [-0.2, -0.15) is 0 Å². The van der Waals surface area contributed by atoms with E-state index >= 15 is 0 Å². The molecule has 49 heavy (non-hydrogen) atoms. The minimum Gasteiger partial charge on any atom is -0.497 e. The molecule has 0 amide bonds. The van der Waals surface area contributed by atoms with Crippen molar-refractivity contribution in [3.05, 3.63) is 71.3 Å². The lowest BCUT2D eigenvalue weighted by Gasteiger charge is -2.45. The van der Waals surface area contributed by atoms with E-state index in [1.807, 2.05) is 48.5 Å². The Kier molecular flexibility index (Phi) is 15.2. The molecule has 1 aliphatic heterocycles. The highest BCUT2D eigenvalue weighted by Gasteiger charge is 2.47. The topological polar surface area (TPSA) is 64.6 Å². The largest absolute Gasteiger partial charge is 0.497 e. The Labute approximate surface area is 300 Å². The molecule has 9 heteroatoms. The van der Waals surface area contributed by atoms with Gasteiger partial charge in [0.2, 0.25) is 0 Å². The van der Waals surface area contributed by atoms with Crippen LogP contribution in [0, 0.1) is 0 Å². The van der Waals surface area contributed by atoms with E-state index in [0.29, 0.717) is 43.1 Å². The first-order valence-electron chi connectivity index (χ1n) is 18.1. The van der Waals surface area contributed by atoms with Crippen LogP contribution in [-0.4, -0.2) is 68.5 Å². The Morgan fingerprint density at radius 2 is 1.22 bits per heavy atom. The van der Waals surface area contributed by atoms with Crippen LogP contribution in [0.15, 0.2) is 60.2 Å². The summed E-state index contributed by atoms with van der Waals surface area (Å²) in [5.41, 5.74) is 4.60. The molecule has 0 N–H and O–H groups in total. The van der Waals surface area contributed by atoms with Crippen molar-refractivity contribution < 1.29 is 32.5 Å². The van der Waals surface area contributed by atoms with E-state index < -0.39 is 16.6 Å². The third-order valence-electron chi connectivity index (χ3n) is 10.7. The molecule has 3 rings (SSSR count). The van der Waals surface area contributed by atoms with Crippen molar-refractivity contribution in [2.24, 2.45) is 0 Å². The van der Waals surface area contributed by atoms with E-state index in [1.165, 1.54) is 0 Å². The van der Waals surface area contributed by atoms with Crippen molar-refractivity contribution >= 4 is 16.6 Å². The molecule has 0 unspecified atom stereocenters. The van der Waals surface area contributed by atoms with Gasteiger partial charge in [-0.05, 0) is 82.6 Å². The molecule has 0 saturated heterocycles. The second-order valence-electron chi connectivity index (χ2n) is 16.0. The summed E-state index contributed by atoms with van der Waals surface area (Å²) in [7, 11) is -0.867. The summed E-state index contributed by atoms with van der Waals surface area (Å²) in [6.07, 6.45) is 1.01. The van der Waals surface area contributed by atoms with E-state index in [9.17, 15) is 0 Å². The van der Waals surface area contributed by atoms with Gasteiger partial charge < -0.3 is 32.5 Å². The van der Waals surface area contributed by atoms with Crippen LogP contribution in [-0.2, 0) is 36.3 Å². The molecule has 0 fully saturated rings. The van der Waals surface area contributed by atoms with Crippen molar-refractivity contribution in [3.63, 3.8) is 0 Å². The molecule has 0 bridgehead atoms. The zero-order valence-corrected chi connectivity index (χ0v) is 34.9. The number of benzene rings is 2. The zero-order chi connectivity index (χ0) is 36.6. The maximum atomic E-state index is 7.15. The number of rotatable bonds is 18. The Hall–Kier alpha value is -1.99. The molecule has 0 radical (unpaired) electrons. The molecular weight excluding hydrogens is 649 g/mol. The quantitative estimate of drug-likeness (QED) is 0.113. The number of hydrogen-bond donors (Lipinski definition) is 0. The maximum absolute atomic E-state index is 7.15. The van der Waals surface area contributed by atoms with Gasteiger partial charge >= 0.3 is 0 Å². The first kappa shape index (κ1) is 41.4. The highest BCUT2D eigenvalue weighted by molar-refractivity contribution is 6.77. The van der Waals surface area contributed by atoms with Gasteiger partial charge in [-0.1, -0.05) is 92.7 Å². The van der Waals surface area contributed by atoms with Gasteiger partial charge in [0.05, 0.1) is 40.6 Å². The summed E-state index contributed by atoms with van der Waals surface area (Å²) in [4.78, 5) is 0. The lowest BCUT2D eigenvalue weighted by Crippen LogP contribution is -2.53. The van der Waals surface area contributed by atoms with Gasteiger partial charge in [-0.15, -0.1) is 0 Å². The number of ether oxygens (including phenoxy) is 5. The first-order chi connectivity index (χ1) is 22.9. The standard InChI is InChI=1S/C40H66O7Si2/c1-28(2)49(29(3)4,30(5)6)46-26-37-36(43-24-32-15-19-34(41-11)20-16-32)23-31(7)39(47-37)38(27-45-48(13,14)40(8,9)10)44-25-33-17-21-35(42-12)22-18-33/h15-23,28-30,36-39H,24-27H2,1-14H3/t36-,37+,38+,39+/m0/s1. The van der Waals surface area contributed by atoms with E-state index in [1.54, 1.807) is 14.2 Å². The molecule has 2 aromatic rings. The highest BCUT2D eigenvalue weighted by Crippen LogP contribution is 2.43. The van der Waals surface area contributed by atoms with Gasteiger partial charge in [0.1, 0.15) is 35.9 Å². The van der Waals surface area contributed by atoms with Crippen molar-refractivity contribution in [1.29, 1.82) is 0 Å². The second kappa shape index (κ2) is 18.0. The van der Waals surface area contributed by atoms with Gasteiger partial charge in [0.25, 0.3) is 0 Å². The fraction of sp³-hybridized carbons (Fsp3) is 0.650. The Balaban J connectivity index is 1.95. The summed E-state index contributed by atoms with van der Waals surface area (Å²) in [5.74, 6) is 1.65. The first-order valence-corrected chi connectivity index (χ1v) is 23.1. The Morgan fingerprint density at radius 3 is 1.67 bits per heavy atom. The van der Waals surface area contributed by atoms with E-state index in [0.717, 1.165) is 28.2 Å². The Morgan fingerprint density at radius 1 is 0.735 bits per heavy atom. The van der Waals surface area contributed by atoms with Crippen molar-refractivity contribution in [3.8, 4) is 11.5 Å². The third kappa shape index (κ3) is 10.8. The molecule has 0 aromatic heterocycles. The normalized spacial score (nSPS) is 19.8. The molecule has 7 nitrogen and oxygen atoms in total. The molecule has 276 valence electrons. The monoisotopic (exact) mass is 714 g/mol. The molecular formula is C40H66O7Si2.